The van der Waals surface area contributed by atoms with Crippen LogP contribution < -0.4 is 14.2 Å². The van der Waals surface area contributed by atoms with Gasteiger partial charge in [-0.2, -0.15) is 0 Å². The lowest BCUT2D eigenvalue weighted by molar-refractivity contribution is -0.141. The molecule has 1 atom stereocenters. The number of hydrogen-bond acceptors (Lipinski definition) is 6. The average molecular weight is 386 g/mol. The van der Waals surface area contributed by atoms with Gasteiger partial charge in [0, 0.05) is 17.7 Å². The Morgan fingerprint density at radius 2 is 1.86 bits per heavy atom. The summed E-state index contributed by atoms with van der Waals surface area (Å²) in [5, 5.41) is 0. The molecule has 0 bridgehead atoms. The van der Waals surface area contributed by atoms with Gasteiger partial charge in [-0.3, -0.25) is 4.79 Å². The third-order valence-corrected chi connectivity index (χ3v) is 4.75. The molecule has 0 saturated carbocycles. The lowest BCUT2D eigenvalue weighted by Gasteiger charge is -2.19. The minimum Gasteiger partial charge on any atom is -0.496 e. The van der Waals surface area contributed by atoms with Crippen molar-refractivity contribution in [3.8, 4) is 28.4 Å². The second-order valence-electron chi connectivity index (χ2n) is 7.10. The molecule has 6 heteroatoms. The molecule has 2 aromatic rings. The zero-order valence-corrected chi connectivity index (χ0v) is 16.9. The molecule has 1 heterocycles. The highest BCUT2D eigenvalue weighted by Crippen LogP contribution is 2.43. The van der Waals surface area contributed by atoms with E-state index in [4.69, 9.17) is 23.7 Å². The molecule has 0 aliphatic carbocycles. The minimum absolute atomic E-state index is 0.141. The van der Waals surface area contributed by atoms with E-state index in [0.29, 0.717) is 36.0 Å². The van der Waals surface area contributed by atoms with Crippen molar-refractivity contribution < 1.29 is 28.5 Å². The highest BCUT2D eigenvalue weighted by Gasteiger charge is 2.33. The first-order chi connectivity index (χ1) is 13.4. The van der Waals surface area contributed by atoms with Gasteiger partial charge in [0.2, 0.25) is 0 Å². The van der Waals surface area contributed by atoms with Crippen molar-refractivity contribution in [2.45, 2.75) is 32.7 Å². The molecule has 1 fully saturated rings. The van der Waals surface area contributed by atoms with Crippen molar-refractivity contribution in [2.75, 3.05) is 27.4 Å². The molecule has 3 rings (SSSR count). The van der Waals surface area contributed by atoms with Gasteiger partial charge in [-0.15, -0.1) is 0 Å². The van der Waals surface area contributed by atoms with Crippen molar-refractivity contribution >= 4 is 6.29 Å². The Morgan fingerprint density at radius 3 is 2.39 bits per heavy atom. The second kappa shape index (κ2) is 8.20. The molecule has 0 radical (unpaired) electrons. The quantitative estimate of drug-likeness (QED) is 0.670. The van der Waals surface area contributed by atoms with Gasteiger partial charge in [0.1, 0.15) is 36.2 Å². The Balaban J connectivity index is 1.92. The first kappa shape index (κ1) is 20.2. The summed E-state index contributed by atoms with van der Waals surface area (Å²) in [6.45, 7) is 6.50. The topological polar surface area (TPSA) is 63.2 Å². The van der Waals surface area contributed by atoms with Crippen LogP contribution in [0.25, 0.3) is 11.1 Å². The number of carbonyl (C=O) groups excluding carboxylic acids is 1. The third-order valence-electron chi connectivity index (χ3n) is 4.75. The van der Waals surface area contributed by atoms with Crippen LogP contribution in [0.2, 0.25) is 0 Å². The van der Waals surface area contributed by atoms with Crippen LogP contribution in [0, 0.1) is 6.92 Å². The summed E-state index contributed by atoms with van der Waals surface area (Å²) in [4.78, 5) is 11.3. The second-order valence-corrected chi connectivity index (χ2v) is 7.10. The molecule has 1 aliphatic rings. The van der Waals surface area contributed by atoms with E-state index in [2.05, 4.69) is 0 Å². The lowest BCUT2D eigenvalue weighted by Crippen LogP contribution is -2.25. The van der Waals surface area contributed by atoms with Gasteiger partial charge < -0.3 is 23.7 Å². The lowest BCUT2D eigenvalue weighted by atomic mass is 9.95. The zero-order chi connectivity index (χ0) is 20.3. The molecule has 0 aromatic heterocycles. The third kappa shape index (κ3) is 4.13. The Labute approximate surface area is 165 Å². The highest BCUT2D eigenvalue weighted by atomic mass is 16.7. The smallest absolute Gasteiger partial charge is 0.163 e. The number of hydrogen-bond donors (Lipinski definition) is 0. The summed E-state index contributed by atoms with van der Waals surface area (Å²) in [5.74, 6) is 1.22. The molecule has 150 valence electrons. The Morgan fingerprint density at radius 1 is 1.18 bits per heavy atom. The molecule has 0 amide bonds. The van der Waals surface area contributed by atoms with Crippen LogP contribution in [0.4, 0.5) is 0 Å². The van der Waals surface area contributed by atoms with E-state index >= 15 is 0 Å². The van der Waals surface area contributed by atoms with Gasteiger partial charge in [-0.1, -0.05) is 18.2 Å². The van der Waals surface area contributed by atoms with E-state index < -0.39 is 5.79 Å². The fraction of sp³-hybridized carbons (Fsp3) is 0.409. The van der Waals surface area contributed by atoms with E-state index in [1.165, 1.54) is 0 Å². The Bertz CT molecular complexity index is 833. The summed E-state index contributed by atoms with van der Waals surface area (Å²) >= 11 is 0. The van der Waals surface area contributed by atoms with Gasteiger partial charge in [0.25, 0.3) is 0 Å². The molecule has 1 aliphatic heterocycles. The van der Waals surface area contributed by atoms with Gasteiger partial charge >= 0.3 is 0 Å². The molecule has 0 spiro atoms. The van der Waals surface area contributed by atoms with Gasteiger partial charge in [0.15, 0.2) is 5.79 Å². The number of aldehydes is 1. The summed E-state index contributed by atoms with van der Waals surface area (Å²) in [5.41, 5.74) is 3.14. The van der Waals surface area contributed by atoms with E-state index in [1.54, 1.807) is 20.3 Å². The van der Waals surface area contributed by atoms with E-state index in [0.717, 1.165) is 23.0 Å². The SMILES string of the molecule is COc1cc(OC[C@@H]2COC(C)(C)O2)cc(OC)c1-c1cccc(C=O)c1C. The van der Waals surface area contributed by atoms with E-state index in [9.17, 15) is 4.79 Å². The van der Waals surface area contributed by atoms with E-state index in [1.807, 2.05) is 45.0 Å². The predicted molar refractivity (Wildman–Crippen MR) is 106 cm³/mol. The van der Waals surface area contributed by atoms with Crippen molar-refractivity contribution in [1.29, 1.82) is 0 Å². The monoisotopic (exact) mass is 386 g/mol. The number of rotatable bonds is 7. The van der Waals surface area contributed by atoms with Crippen molar-refractivity contribution in [2.24, 2.45) is 0 Å². The molecule has 0 N–H and O–H groups in total. The summed E-state index contributed by atoms with van der Waals surface area (Å²) in [6, 6.07) is 9.19. The first-order valence-corrected chi connectivity index (χ1v) is 9.14. The summed E-state index contributed by atoms with van der Waals surface area (Å²) < 4.78 is 28.5. The molecular weight excluding hydrogens is 360 g/mol. The van der Waals surface area contributed by atoms with Gasteiger partial charge in [-0.25, -0.2) is 0 Å². The Hall–Kier alpha value is -2.57. The van der Waals surface area contributed by atoms with Crippen molar-refractivity contribution in [3.63, 3.8) is 0 Å². The maximum absolute atomic E-state index is 11.3. The van der Waals surface area contributed by atoms with Crippen LogP contribution >= 0.6 is 0 Å². The van der Waals surface area contributed by atoms with Gasteiger partial charge in [-0.05, 0) is 31.9 Å². The van der Waals surface area contributed by atoms with Crippen LogP contribution in [0.1, 0.15) is 29.8 Å². The van der Waals surface area contributed by atoms with Crippen LogP contribution in [0.5, 0.6) is 17.2 Å². The zero-order valence-electron chi connectivity index (χ0n) is 16.9. The first-order valence-electron chi connectivity index (χ1n) is 9.14. The number of benzene rings is 2. The number of ether oxygens (including phenoxy) is 5. The number of methoxy groups -OCH3 is 2. The highest BCUT2D eigenvalue weighted by molar-refractivity contribution is 5.87. The molecule has 6 nitrogen and oxygen atoms in total. The minimum atomic E-state index is -0.589. The molecule has 28 heavy (non-hydrogen) atoms. The van der Waals surface area contributed by atoms with Crippen LogP contribution in [0.15, 0.2) is 30.3 Å². The molecule has 1 saturated heterocycles. The number of carbonyl (C=O) groups is 1. The largest absolute Gasteiger partial charge is 0.496 e. The van der Waals surface area contributed by atoms with Crippen LogP contribution in [-0.4, -0.2) is 45.6 Å². The fourth-order valence-corrected chi connectivity index (χ4v) is 3.32. The molecule has 2 aromatic carbocycles. The maximum Gasteiger partial charge on any atom is 0.163 e. The molecule has 0 unspecified atom stereocenters. The van der Waals surface area contributed by atoms with Gasteiger partial charge in [0.05, 0.1) is 26.4 Å². The molecular formula is C22H26O6. The van der Waals surface area contributed by atoms with Crippen molar-refractivity contribution in [1.82, 2.24) is 0 Å². The van der Waals surface area contributed by atoms with Crippen LogP contribution in [0.3, 0.4) is 0 Å². The predicted octanol–water partition coefficient (Wildman–Crippen LogP) is 4.02. The summed E-state index contributed by atoms with van der Waals surface area (Å²) in [7, 11) is 3.19. The standard InChI is InChI=1S/C22H26O6/c1-14-15(11-23)7-6-8-18(14)21-19(24-4)9-16(10-20(21)25-5)26-12-17-13-27-22(2,3)28-17/h6-11,17H,12-13H2,1-5H3/t17-/m1/s1. The van der Waals surface area contributed by atoms with Crippen LogP contribution in [-0.2, 0) is 9.47 Å². The fourth-order valence-electron chi connectivity index (χ4n) is 3.32. The Kier molecular flexibility index (Phi) is 5.91. The average Bonchev–Trinajstić information content (AvgIpc) is 3.04. The van der Waals surface area contributed by atoms with Crippen molar-refractivity contribution in [3.05, 3.63) is 41.5 Å². The normalized spacial score (nSPS) is 18.0. The maximum atomic E-state index is 11.3. The van der Waals surface area contributed by atoms with E-state index in [-0.39, 0.29) is 6.10 Å². The summed E-state index contributed by atoms with van der Waals surface area (Å²) in [6.07, 6.45) is 0.707.